The lowest BCUT2D eigenvalue weighted by Crippen LogP contribution is -2.42. The molecule has 0 fully saturated rings. The van der Waals surface area contributed by atoms with E-state index in [0.717, 1.165) is 8.61 Å². The standard InChI is InChI=1S/C19H31N3O6S.C12H17NO5S.C7H16N2O2.CH4/c1-13-10-15(27-7)11-14(2)17(13)29(25,26)22(6)12-16(23)20-8-9-21-18(24)28-19(3,4)5;1-8-5-10(18-4)6-9(2)12(8)19(16,17)13(3)7-11(14)15;1-7(2,3)11-6(10)9-5-4-8;/h10-11H,8-9,12H2,1-7H3,(H,20,23)(H,21,24);5-6H,7H2,1-4H3,(H,14,15);4-5,8H2,1-3H3,(H,9,10);1H4. The topological polar surface area (TPSA) is 262 Å². The smallest absolute Gasteiger partial charge is 0.407 e. The first-order valence-electron chi connectivity index (χ1n) is 18.3. The minimum atomic E-state index is -3.86. The maximum absolute atomic E-state index is 12.9. The normalized spacial score (nSPS) is 11.4. The third-order valence-electron chi connectivity index (χ3n) is 7.33. The number of carboxylic acids is 1. The van der Waals surface area contributed by atoms with Gasteiger partial charge < -0.3 is 45.7 Å². The molecule has 21 heteroatoms. The van der Waals surface area contributed by atoms with E-state index in [4.69, 9.17) is 29.8 Å². The van der Waals surface area contributed by atoms with Crippen LogP contribution in [0.4, 0.5) is 9.59 Å². The van der Waals surface area contributed by atoms with Gasteiger partial charge in [-0.05, 0) is 116 Å². The zero-order valence-electron chi connectivity index (χ0n) is 36.7. The number of aryl methyl sites for hydroxylation is 4. The molecule has 0 radical (unpaired) electrons. The summed E-state index contributed by atoms with van der Waals surface area (Å²) in [6.45, 7) is 17.6. The van der Waals surface area contributed by atoms with Crippen LogP contribution < -0.4 is 31.2 Å². The van der Waals surface area contributed by atoms with Crippen molar-refractivity contribution in [2.75, 3.05) is 67.6 Å². The van der Waals surface area contributed by atoms with E-state index in [1.807, 2.05) is 20.8 Å². The average Bonchev–Trinajstić information content (AvgIpc) is 3.07. The number of hydrogen-bond acceptors (Lipinski definition) is 13. The van der Waals surface area contributed by atoms with Crippen molar-refractivity contribution in [3.05, 3.63) is 46.5 Å². The van der Waals surface area contributed by atoms with Crippen LogP contribution in [0.25, 0.3) is 0 Å². The van der Waals surface area contributed by atoms with Crippen LogP contribution in [0.1, 0.15) is 71.2 Å². The quantitative estimate of drug-likeness (QED) is 0.160. The molecule has 3 amide bonds. The second kappa shape index (κ2) is 25.2. The van der Waals surface area contributed by atoms with E-state index in [9.17, 15) is 36.0 Å². The number of ether oxygens (including phenoxy) is 4. The number of aliphatic carboxylic acids is 1. The Balaban J connectivity index is 0. The molecule has 0 bridgehead atoms. The van der Waals surface area contributed by atoms with Crippen LogP contribution in [-0.4, -0.2) is 133 Å². The lowest BCUT2D eigenvalue weighted by atomic mass is 10.1. The van der Waals surface area contributed by atoms with Gasteiger partial charge in [0.1, 0.15) is 29.2 Å². The van der Waals surface area contributed by atoms with E-state index >= 15 is 0 Å². The van der Waals surface area contributed by atoms with Gasteiger partial charge >= 0.3 is 18.2 Å². The number of amides is 3. The largest absolute Gasteiger partial charge is 0.497 e. The van der Waals surface area contributed by atoms with Crippen molar-refractivity contribution < 1.29 is 60.1 Å². The number of methoxy groups -OCH3 is 2. The molecule has 0 saturated carbocycles. The van der Waals surface area contributed by atoms with Crippen LogP contribution in [0.5, 0.6) is 11.5 Å². The molecule has 0 aliphatic carbocycles. The molecule has 0 aliphatic heterocycles. The zero-order chi connectivity index (χ0) is 46.1. The van der Waals surface area contributed by atoms with E-state index in [1.54, 1.807) is 72.7 Å². The monoisotopic (exact) mass is 892 g/mol. The summed E-state index contributed by atoms with van der Waals surface area (Å²) < 4.78 is 72.5. The van der Waals surface area contributed by atoms with Gasteiger partial charge in [-0.3, -0.25) is 9.59 Å². The molecule has 0 unspecified atom stereocenters. The molecule has 0 heterocycles. The van der Waals surface area contributed by atoms with Crippen LogP contribution in [0.2, 0.25) is 0 Å². The molecule has 0 aliphatic rings. The van der Waals surface area contributed by atoms with Crippen LogP contribution in [0, 0.1) is 27.7 Å². The number of nitrogens with zero attached hydrogens (tertiary/aromatic N) is 2. The van der Waals surface area contributed by atoms with Crippen LogP contribution >= 0.6 is 0 Å². The first kappa shape index (κ1) is 57.4. The molecule has 0 spiro atoms. The first-order valence-corrected chi connectivity index (χ1v) is 21.2. The van der Waals surface area contributed by atoms with Crippen LogP contribution in [0.3, 0.4) is 0 Å². The number of sulfonamides is 2. The number of nitrogens with two attached hydrogens (primary N) is 1. The second-order valence-corrected chi connectivity index (χ2v) is 19.1. The number of likely N-dealkylation sites (N-methyl/N-ethyl adjacent to an activating group) is 2. The van der Waals surface area contributed by atoms with Crippen molar-refractivity contribution in [2.24, 2.45) is 5.73 Å². The molecule has 2 aromatic carbocycles. The number of hydrogen-bond donors (Lipinski definition) is 5. The van der Waals surface area contributed by atoms with Crippen LogP contribution in [0.15, 0.2) is 34.1 Å². The minimum absolute atomic E-state index is 0. The predicted octanol–water partition coefficient (Wildman–Crippen LogP) is 3.70. The SMILES string of the molecule is C.CC(C)(C)OC(=O)NCCN.COc1cc(C)c(S(=O)(=O)N(C)CC(=O)NCCNC(=O)OC(C)(C)C)c(C)c1.COc1cc(C)c(S(=O)(=O)N(C)CC(=O)O)c(C)c1. The van der Waals surface area contributed by atoms with Crippen molar-refractivity contribution >= 4 is 44.1 Å². The van der Waals surface area contributed by atoms with Gasteiger partial charge in [-0.15, -0.1) is 0 Å². The molecule has 0 aromatic heterocycles. The molecule has 0 saturated heterocycles. The highest BCUT2D eigenvalue weighted by Gasteiger charge is 2.28. The first-order chi connectivity index (χ1) is 26.9. The van der Waals surface area contributed by atoms with Crippen molar-refractivity contribution in [1.29, 1.82) is 0 Å². The van der Waals surface area contributed by atoms with Crippen molar-refractivity contribution in [3.63, 3.8) is 0 Å². The molecular weight excluding hydrogens is 825 g/mol. The lowest BCUT2D eigenvalue weighted by molar-refractivity contribution is -0.137. The Morgan fingerprint density at radius 3 is 1.25 bits per heavy atom. The summed E-state index contributed by atoms with van der Waals surface area (Å²) in [5.41, 5.74) is 6.25. The third-order valence-corrected chi connectivity index (χ3v) is 11.5. The van der Waals surface area contributed by atoms with Crippen molar-refractivity contribution in [1.82, 2.24) is 24.6 Å². The maximum Gasteiger partial charge on any atom is 0.407 e. The van der Waals surface area contributed by atoms with E-state index in [0.29, 0.717) is 46.8 Å². The number of nitrogens with one attached hydrogen (secondary N) is 3. The number of carbonyl (C=O) groups is 4. The number of rotatable bonds is 15. The molecule has 0 atom stereocenters. The summed E-state index contributed by atoms with van der Waals surface area (Å²) in [6, 6.07) is 6.48. The van der Waals surface area contributed by atoms with Gasteiger partial charge in [0.15, 0.2) is 0 Å². The fourth-order valence-electron chi connectivity index (χ4n) is 4.97. The number of carboxylic acid groups (broad SMARTS) is 1. The molecule has 2 aromatic rings. The Kier molecular flexibility index (Phi) is 24.1. The maximum atomic E-state index is 12.9. The van der Waals surface area contributed by atoms with Gasteiger partial charge in [-0.1, -0.05) is 7.43 Å². The Morgan fingerprint density at radius 1 is 0.633 bits per heavy atom. The van der Waals surface area contributed by atoms with E-state index in [-0.39, 0.29) is 36.9 Å². The Hall–Kier alpha value is -4.70. The van der Waals surface area contributed by atoms with E-state index in [1.165, 1.54) is 28.3 Å². The second-order valence-electron chi connectivity index (χ2n) is 15.1. The van der Waals surface area contributed by atoms with E-state index in [2.05, 4.69) is 16.0 Å². The molecule has 6 N–H and O–H groups in total. The summed E-state index contributed by atoms with van der Waals surface area (Å²) in [5.74, 6) is -0.549. The highest BCUT2D eigenvalue weighted by Crippen LogP contribution is 2.29. The number of benzene rings is 2. The summed E-state index contributed by atoms with van der Waals surface area (Å²) >= 11 is 0. The molecule has 19 nitrogen and oxygen atoms in total. The lowest BCUT2D eigenvalue weighted by Gasteiger charge is -2.21. The number of carbonyl (C=O) groups excluding carboxylic acids is 3. The van der Waals surface area contributed by atoms with Gasteiger partial charge in [-0.25, -0.2) is 26.4 Å². The van der Waals surface area contributed by atoms with Gasteiger partial charge in [0, 0.05) is 40.3 Å². The third kappa shape index (κ3) is 20.5. The van der Waals surface area contributed by atoms with Gasteiger partial charge in [-0.2, -0.15) is 8.61 Å². The van der Waals surface area contributed by atoms with Crippen LogP contribution in [-0.2, 0) is 39.1 Å². The molecular formula is C39H68N6O13S2. The Bertz CT molecular complexity index is 1910. The van der Waals surface area contributed by atoms with Crippen molar-refractivity contribution in [2.45, 2.75) is 97.7 Å². The average molecular weight is 893 g/mol. The summed E-state index contributed by atoms with van der Waals surface area (Å²) in [7, 11) is -2.08. The Labute approximate surface area is 356 Å². The summed E-state index contributed by atoms with van der Waals surface area (Å²) in [4.78, 5) is 45.4. The zero-order valence-corrected chi connectivity index (χ0v) is 38.3. The van der Waals surface area contributed by atoms with Gasteiger partial charge in [0.2, 0.25) is 26.0 Å². The fourth-order valence-corrected chi connectivity index (χ4v) is 8.02. The predicted molar refractivity (Wildman–Crippen MR) is 229 cm³/mol. The molecule has 344 valence electrons. The van der Waals surface area contributed by atoms with Gasteiger partial charge in [0.25, 0.3) is 0 Å². The fraction of sp³-hybridized carbons (Fsp3) is 0.590. The number of alkyl carbamates (subject to hydrolysis) is 2. The molecule has 2 rings (SSSR count). The minimum Gasteiger partial charge on any atom is -0.497 e. The highest BCUT2D eigenvalue weighted by atomic mass is 32.2. The summed E-state index contributed by atoms with van der Waals surface area (Å²) in [6.07, 6.45) is -1.00. The van der Waals surface area contributed by atoms with E-state index < -0.39 is 61.9 Å². The Morgan fingerprint density at radius 2 is 0.950 bits per heavy atom. The van der Waals surface area contributed by atoms with Crippen molar-refractivity contribution in [3.8, 4) is 11.5 Å². The van der Waals surface area contributed by atoms with Gasteiger partial charge in [0.05, 0.1) is 30.6 Å². The highest BCUT2D eigenvalue weighted by molar-refractivity contribution is 7.89. The molecule has 60 heavy (non-hydrogen) atoms. The summed E-state index contributed by atoms with van der Waals surface area (Å²) in [5, 5.41) is 16.3.